The molecule has 3 unspecified atom stereocenters. The second-order valence-electron chi connectivity index (χ2n) is 6.71. The van der Waals surface area contributed by atoms with Gasteiger partial charge in [0.25, 0.3) is 0 Å². The molecular formula is C16H26O4. The smallest absolute Gasteiger partial charge is 0.146 e. The third-order valence-corrected chi connectivity index (χ3v) is 3.86. The maximum atomic E-state index is 12.1. The van der Waals surface area contributed by atoms with Crippen molar-refractivity contribution >= 4 is 17.3 Å². The van der Waals surface area contributed by atoms with Crippen molar-refractivity contribution in [1.82, 2.24) is 0 Å². The van der Waals surface area contributed by atoms with Gasteiger partial charge in [-0.3, -0.25) is 14.4 Å². The van der Waals surface area contributed by atoms with Gasteiger partial charge in [-0.15, -0.1) is 0 Å². The first-order valence-corrected chi connectivity index (χ1v) is 7.50. The predicted molar refractivity (Wildman–Crippen MR) is 76.2 cm³/mol. The van der Waals surface area contributed by atoms with Gasteiger partial charge in [0.2, 0.25) is 0 Å². The molecule has 1 N–H and O–H groups in total. The summed E-state index contributed by atoms with van der Waals surface area (Å²) in [6.45, 7) is 7.85. The van der Waals surface area contributed by atoms with Crippen LogP contribution in [0.25, 0.3) is 0 Å². The molecule has 4 nitrogen and oxygen atoms in total. The first-order valence-electron chi connectivity index (χ1n) is 7.50. The van der Waals surface area contributed by atoms with Crippen LogP contribution in [0.2, 0.25) is 0 Å². The number of carbonyl (C=O) groups excluding carboxylic acids is 3. The zero-order valence-electron chi connectivity index (χ0n) is 12.9. The van der Waals surface area contributed by atoms with Crippen molar-refractivity contribution in [1.29, 1.82) is 0 Å². The Morgan fingerprint density at radius 1 is 1.15 bits per heavy atom. The molecule has 0 amide bonds. The van der Waals surface area contributed by atoms with E-state index in [9.17, 15) is 19.5 Å². The molecule has 1 fully saturated rings. The van der Waals surface area contributed by atoms with Crippen LogP contribution in [0.4, 0.5) is 0 Å². The minimum absolute atomic E-state index is 0.0204. The SMILES string of the molecule is CC(C)CCC(=O)C1CC(=O)C(C(=O)CC(C)C)C1O. The second-order valence-corrected chi connectivity index (χ2v) is 6.71. The van der Waals surface area contributed by atoms with Crippen molar-refractivity contribution in [3.05, 3.63) is 0 Å². The van der Waals surface area contributed by atoms with Crippen LogP contribution >= 0.6 is 0 Å². The first kappa shape index (κ1) is 17.0. The topological polar surface area (TPSA) is 71.4 Å². The minimum Gasteiger partial charge on any atom is -0.391 e. The van der Waals surface area contributed by atoms with Crippen LogP contribution in [0.3, 0.4) is 0 Å². The lowest BCUT2D eigenvalue weighted by molar-refractivity contribution is -0.134. The van der Waals surface area contributed by atoms with Gasteiger partial charge in [0.15, 0.2) is 0 Å². The van der Waals surface area contributed by atoms with E-state index in [1.165, 1.54) is 0 Å². The Morgan fingerprint density at radius 2 is 1.75 bits per heavy atom. The van der Waals surface area contributed by atoms with Gasteiger partial charge in [0, 0.05) is 19.3 Å². The number of aliphatic hydroxyl groups is 1. The minimum atomic E-state index is -1.12. The van der Waals surface area contributed by atoms with E-state index in [4.69, 9.17) is 0 Å². The van der Waals surface area contributed by atoms with Crippen molar-refractivity contribution in [2.24, 2.45) is 23.7 Å². The van der Waals surface area contributed by atoms with E-state index in [1.54, 1.807) is 0 Å². The maximum Gasteiger partial charge on any atom is 0.146 e. The number of rotatable bonds is 7. The van der Waals surface area contributed by atoms with Crippen LogP contribution in [0.1, 0.15) is 53.4 Å². The Bertz CT molecular complexity index is 384. The molecule has 0 aromatic heterocycles. The molecule has 1 saturated carbocycles. The van der Waals surface area contributed by atoms with E-state index in [1.807, 2.05) is 27.7 Å². The third-order valence-electron chi connectivity index (χ3n) is 3.86. The van der Waals surface area contributed by atoms with Gasteiger partial charge in [-0.2, -0.15) is 0 Å². The van der Waals surface area contributed by atoms with E-state index >= 15 is 0 Å². The van der Waals surface area contributed by atoms with Gasteiger partial charge in [-0.25, -0.2) is 0 Å². The highest BCUT2D eigenvalue weighted by Crippen LogP contribution is 2.32. The number of carbonyl (C=O) groups is 3. The standard InChI is InChI=1S/C16H26O4/c1-9(2)5-6-12(17)11-8-14(19)15(16(11)20)13(18)7-10(3)4/h9-11,15-16,20H,5-8H2,1-4H3. The number of aliphatic hydroxyl groups excluding tert-OH is 1. The molecule has 0 radical (unpaired) electrons. The number of hydrogen-bond acceptors (Lipinski definition) is 4. The van der Waals surface area contributed by atoms with Crippen LogP contribution in [-0.2, 0) is 14.4 Å². The van der Waals surface area contributed by atoms with E-state index in [0.29, 0.717) is 12.3 Å². The van der Waals surface area contributed by atoms with Crippen LogP contribution in [0.15, 0.2) is 0 Å². The molecule has 0 heterocycles. The molecule has 4 heteroatoms. The Hall–Kier alpha value is -1.03. The highest BCUT2D eigenvalue weighted by atomic mass is 16.3. The van der Waals surface area contributed by atoms with E-state index < -0.39 is 17.9 Å². The Balaban J connectivity index is 2.68. The Labute approximate surface area is 120 Å². The average molecular weight is 282 g/mol. The summed E-state index contributed by atoms with van der Waals surface area (Å²) in [6.07, 6.45) is 0.305. The average Bonchev–Trinajstić information content (AvgIpc) is 2.60. The van der Waals surface area contributed by atoms with Gasteiger partial charge < -0.3 is 5.11 Å². The lowest BCUT2D eigenvalue weighted by atomic mass is 9.89. The fraction of sp³-hybridized carbons (Fsp3) is 0.812. The molecule has 1 aliphatic rings. The molecule has 0 aromatic rings. The zero-order valence-corrected chi connectivity index (χ0v) is 12.9. The van der Waals surface area contributed by atoms with Crippen molar-refractivity contribution in [3.63, 3.8) is 0 Å². The molecule has 114 valence electrons. The number of hydrogen-bond donors (Lipinski definition) is 1. The van der Waals surface area contributed by atoms with E-state index in [0.717, 1.165) is 6.42 Å². The first-order chi connectivity index (χ1) is 9.23. The molecule has 3 atom stereocenters. The monoisotopic (exact) mass is 282 g/mol. The summed E-state index contributed by atoms with van der Waals surface area (Å²) in [5.74, 6) is -1.68. The molecule has 1 rings (SSSR count). The zero-order chi connectivity index (χ0) is 15.4. The summed E-state index contributed by atoms with van der Waals surface area (Å²) >= 11 is 0. The second kappa shape index (κ2) is 7.11. The fourth-order valence-electron chi connectivity index (χ4n) is 2.71. The van der Waals surface area contributed by atoms with Crippen LogP contribution in [0.5, 0.6) is 0 Å². The number of ketones is 3. The van der Waals surface area contributed by atoms with Crippen molar-refractivity contribution < 1.29 is 19.5 Å². The van der Waals surface area contributed by atoms with Crippen molar-refractivity contribution in [2.75, 3.05) is 0 Å². The quantitative estimate of drug-likeness (QED) is 0.726. The summed E-state index contributed by atoms with van der Waals surface area (Å²) < 4.78 is 0. The summed E-state index contributed by atoms with van der Waals surface area (Å²) in [4.78, 5) is 36.0. The third kappa shape index (κ3) is 4.23. The molecule has 20 heavy (non-hydrogen) atoms. The molecule has 0 aromatic carbocycles. The Kier molecular flexibility index (Phi) is 6.06. The van der Waals surface area contributed by atoms with E-state index in [-0.39, 0.29) is 36.1 Å². The lowest BCUT2D eigenvalue weighted by Crippen LogP contribution is -2.33. The summed E-state index contributed by atoms with van der Waals surface area (Å²) in [7, 11) is 0. The van der Waals surface area contributed by atoms with Gasteiger partial charge in [-0.1, -0.05) is 27.7 Å². The fourth-order valence-corrected chi connectivity index (χ4v) is 2.71. The molecule has 1 aliphatic carbocycles. The predicted octanol–water partition coefficient (Wildman–Crippen LogP) is 2.17. The number of Topliss-reactive ketones (excluding diaryl/α,β-unsaturated/α-hetero) is 3. The highest BCUT2D eigenvalue weighted by Gasteiger charge is 2.47. The van der Waals surface area contributed by atoms with Crippen LogP contribution in [-0.4, -0.2) is 28.6 Å². The largest absolute Gasteiger partial charge is 0.391 e. The summed E-state index contributed by atoms with van der Waals surface area (Å²) in [6, 6.07) is 0. The van der Waals surface area contributed by atoms with Crippen molar-refractivity contribution in [2.45, 2.75) is 59.5 Å². The molecule has 0 saturated heterocycles. The van der Waals surface area contributed by atoms with E-state index in [2.05, 4.69) is 0 Å². The summed E-state index contributed by atoms with van der Waals surface area (Å²) in [5, 5.41) is 10.2. The molecule has 0 aliphatic heterocycles. The molecule has 0 bridgehead atoms. The maximum absolute atomic E-state index is 12.1. The van der Waals surface area contributed by atoms with Gasteiger partial charge in [0.1, 0.15) is 23.3 Å². The Morgan fingerprint density at radius 3 is 2.25 bits per heavy atom. The van der Waals surface area contributed by atoms with Gasteiger partial charge in [0.05, 0.1) is 12.0 Å². The highest BCUT2D eigenvalue weighted by molar-refractivity contribution is 6.07. The van der Waals surface area contributed by atoms with Gasteiger partial charge >= 0.3 is 0 Å². The van der Waals surface area contributed by atoms with Crippen LogP contribution < -0.4 is 0 Å². The molecular weight excluding hydrogens is 256 g/mol. The van der Waals surface area contributed by atoms with Crippen LogP contribution in [0, 0.1) is 23.7 Å². The van der Waals surface area contributed by atoms with Crippen molar-refractivity contribution in [3.8, 4) is 0 Å². The normalized spacial score (nSPS) is 26.6. The van der Waals surface area contributed by atoms with Gasteiger partial charge in [-0.05, 0) is 18.3 Å². The lowest BCUT2D eigenvalue weighted by Gasteiger charge is -2.18. The summed E-state index contributed by atoms with van der Waals surface area (Å²) in [5.41, 5.74) is 0. The molecule has 0 spiro atoms.